The van der Waals surface area contributed by atoms with Gasteiger partial charge in [-0.15, -0.1) is 0 Å². The lowest BCUT2D eigenvalue weighted by molar-refractivity contribution is -0.118. The van der Waals surface area contributed by atoms with Crippen molar-refractivity contribution in [1.82, 2.24) is 9.88 Å². The quantitative estimate of drug-likeness (QED) is 0.703. The van der Waals surface area contributed by atoms with Crippen LogP contribution in [0.2, 0.25) is 5.02 Å². The number of aliphatic hydroxyl groups is 1. The minimum atomic E-state index is -0.461. The third-order valence-electron chi connectivity index (χ3n) is 8.02. The van der Waals surface area contributed by atoms with Crippen LogP contribution in [0.4, 0.5) is 11.5 Å². The first-order valence-electron chi connectivity index (χ1n) is 11.7. The summed E-state index contributed by atoms with van der Waals surface area (Å²) in [5.41, 5.74) is 0.652. The van der Waals surface area contributed by atoms with Crippen molar-refractivity contribution >= 4 is 39.8 Å². The zero-order chi connectivity index (χ0) is 22.7. The highest BCUT2D eigenvalue weighted by Gasteiger charge is 2.58. The van der Waals surface area contributed by atoms with Gasteiger partial charge < -0.3 is 24.8 Å². The number of halogens is 1. The van der Waals surface area contributed by atoms with E-state index in [1.165, 1.54) is 0 Å². The molecule has 1 aromatic carbocycles. The zero-order valence-corrected chi connectivity index (χ0v) is 19.4. The zero-order valence-electron chi connectivity index (χ0n) is 18.7. The SMILES string of the molecule is C[C@]1(N2CCN(c3cc4cc(NC(=O)C5C6COCC65)ncc4cc3Cl)CC2)COC[C@H]1O. The summed E-state index contributed by atoms with van der Waals surface area (Å²) in [5.74, 6) is 1.40. The van der Waals surface area contributed by atoms with Gasteiger partial charge in [-0.05, 0) is 42.3 Å². The highest BCUT2D eigenvalue weighted by molar-refractivity contribution is 6.34. The highest BCUT2D eigenvalue weighted by atomic mass is 35.5. The fourth-order valence-electron chi connectivity index (χ4n) is 5.72. The number of aromatic nitrogens is 1. The molecule has 4 heterocycles. The van der Waals surface area contributed by atoms with Gasteiger partial charge in [-0.25, -0.2) is 4.98 Å². The lowest BCUT2D eigenvalue weighted by Crippen LogP contribution is -2.60. The Kier molecular flexibility index (Phi) is 5.27. The van der Waals surface area contributed by atoms with Crippen LogP contribution in [0.1, 0.15) is 6.92 Å². The Morgan fingerprint density at radius 3 is 2.58 bits per heavy atom. The Morgan fingerprint density at radius 1 is 1.12 bits per heavy atom. The predicted molar refractivity (Wildman–Crippen MR) is 126 cm³/mol. The summed E-state index contributed by atoms with van der Waals surface area (Å²) in [5, 5.41) is 16.0. The number of amides is 1. The van der Waals surface area contributed by atoms with Gasteiger partial charge in [-0.2, -0.15) is 0 Å². The lowest BCUT2D eigenvalue weighted by atomic mass is 9.95. The van der Waals surface area contributed by atoms with Gasteiger partial charge in [-0.3, -0.25) is 9.69 Å². The van der Waals surface area contributed by atoms with E-state index in [-0.39, 0.29) is 17.4 Å². The molecule has 6 rings (SSSR count). The second-order valence-electron chi connectivity index (χ2n) is 9.96. The van der Waals surface area contributed by atoms with E-state index in [2.05, 4.69) is 33.1 Å². The summed E-state index contributed by atoms with van der Waals surface area (Å²) < 4.78 is 10.9. The Balaban J connectivity index is 1.17. The molecule has 8 nitrogen and oxygen atoms in total. The molecular weight excluding hydrogens is 444 g/mol. The van der Waals surface area contributed by atoms with Crippen LogP contribution < -0.4 is 10.2 Å². The molecule has 4 atom stereocenters. The standard InChI is InChI=1S/C24H29ClN4O4/c1-24(13-33-12-20(24)30)29-4-2-28(3-5-29)19-7-14-8-21(26-9-15(14)6-18(19)25)27-23(31)22-16-10-32-11-17(16)22/h6-9,16-17,20,22,30H,2-5,10-13H2,1H3,(H,26,27,31)/t16?,17?,20-,22?,24+/m1/s1. The smallest absolute Gasteiger partial charge is 0.229 e. The maximum atomic E-state index is 12.6. The molecule has 1 saturated carbocycles. The van der Waals surface area contributed by atoms with Gasteiger partial charge in [0.2, 0.25) is 5.91 Å². The second kappa shape index (κ2) is 8.06. The van der Waals surface area contributed by atoms with Crippen LogP contribution in [0.3, 0.4) is 0 Å². The van der Waals surface area contributed by atoms with Gasteiger partial charge in [0, 0.05) is 43.7 Å². The Labute approximate surface area is 197 Å². The Hall–Kier alpha value is -1.97. The van der Waals surface area contributed by atoms with Crippen molar-refractivity contribution < 1.29 is 19.4 Å². The van der Waals surface area contributed by atoms with E-state index >= 15 is 0 Å². The number of piperazine rings is 1. The number of carbonyl (C=O) groups is 1. The summed E-state index contributed by atoms with van der Waals surface area (Å²) in [6.45, 7) is 7.70. The number of benzene rings is 1. The minimum Gasteiger partial charge on any atom is -0.389 e. The van der Waals surface area contributed by atoms with Crippen LogP contribution in [-0.4, -0.2) is 85.1 Å². The number of ether oxygens (including phenoxy) is 2. The van der Waals surface area contributed by atoms with Crippen LogP contribution in [-0.2, 0) is 14.3 Å². The normalized spacial score (nSPS) is 34.0. The van der Waals surface area contributed by atoms with Gasteiger partial charge in [0.1, 0.15) is 5.82 Å². The van der Waals surface area contributed by atoms with Gasteiger partial charge in [0.25, 0.3) is 0 Å². The lowest BCUT2D eigenvalue weighted by Gasteiger charge is -2.45. The number of pyridine rings is 1. The van der Waals surface area contributed by atoms with Gasteiger partial charge in [-0.1, -0.05) is 11.6 Å². The molecule has 1 aliphatic carbocycles. The summed E-state index contributed by atoms with van der Waals surface area (Å²) in [4.78, 5) is 21.7. The molecule has 1 amide bonds. The van der Waals surface area contributed by atoms with Crippen molar-refractivity contribution in [1.29, 1.82) is 0 Å². The van der Waals surface area contributed by atoms with Gasteiger partial charge in [0.05, 0.1) is 48.8 Å². The van der Waals surface area contributed by atoms with Crippen molar-refractivity contribution in [2.45, 2.75) is 18.6 Å². The number of nitrogens with one attached hydrogen (secondary N) is 1. The number of hydrogen-bond donors (Lipinski definition) is 2. The van der Waals surface area contributed by atoms with E-state index in [0.717, 1.165) is 42.6 Å². The first kappa shape index (κ1) is 21.6. The molecule has 1 aromatic heterocycles. The maximum absolute atomic E-state index is 12.6. The van der Waals surface area contributed by atoms with Crippen molar-refractivity contribution in [3.63, 3.8) is 0 Å². The maximum Gasteiger partial charge on any atom is 0.229 e. The van der Waals surface area contributed by atoms with E-state index in [4.69, 9.17) is 21.1 Å². The Bertz CT molecular complexity index is 1080. The number of carbonyl (C=O) groups excluding carboxylic acids is 1. The first-order valence-corrected chi connectivity index (χ1v) is 12.1. The van der Waals surface area contributed by atoms with Gasteiger partial charge >= 0.3 is 0 Å². The number of aliphatic hydroxyl groups excluding tert-OH is 1. The summed E-state index contributed by atoms with van der Waals surface area (Å²) in [6.07, 6.45) is 1.30. The van der Waals surface area contributed by atoms with Crippen LogP contribution in [0.25, 0.3) is 10.8 Å². The van der Waals surface area contributed by atoms with Crippen LogP contribution >= 0.6 is 11.6 Å². The molecule has 0 spiro atoms. The third kappa shape index (κ3) is 3.68. The molecule has 33 heavy (non-hydrogen) atoms. The number of anilines is 2. The molecule has 2 unspecified atom stereocenters. The molecule has 2 N–H and O–H groups in total. The molecule has 4 aliphatic rings. The molecule has 2 aromatic rings. The monoisotopic (exact) mass is 472 g/mol. The molecule has 0 radical (unpaired) electrons. The largest absolute Gasteiger partial charge is 0.389 e. The average molecular weight is 473 g/mol. The van der Waals surface area contributed by atoms with Crippen molar-refractivity contribution in [2.24, 2.45) is 17.8 Å². The van der Waals surface area contributed by atoms with E-state index in [1.54, 1.807) is 6.20 Å². The average Bonchev–Trinajstić information content (AvgIpc) is 3.09. The van der Waals surface area contributed by atoms with E-state index in [0.29, 0.717) is 49.1 Å². The first-order chi connectivity index (χ1) is 15.9. The molecule has 176 valence electrons. The number of fused-ring (bicyclic) bond motifs is 2. The summed E-state index contributed by atoms with van der Waals surface area (Å²) >= 11 is 6.65. The number of rotatable bonds is 4. The van der Waals surface area contributed by atoms with Crippen LogP contribution in [0.15, 0.2) is 24.4 Å². The van der Waals surface area contributed by atoms with E-state index in [9.17, 15) is 9.90 Å². The minimum absolute atomic E-state index is 0.0389. The molecule has 9 heteroatoms. The van der Waals surface area contributed by atoms with Crippen molar-refractivity contribution in [3.8, 4) is 0 Å². The fourth-order valence-corrected chi connectivity index (χ4v) is 6.01. The van der Waals surface area contributed by atoms with Crippen molar-refractivity contribution in [2.75, 3.05) is 62.8 Å². The molecular formula is C24H29ClN4O4. The van der Waals surface area contributed by atoms with E-state index < -0.39 is 6.10 Å². The number of nitrogens with zero attached hydrogens (tertiary/aromatic N) is 3. The summed E-state index contributed by atoms with van der Waals surface area (Å²) in [7, 11) is 0. The fraction of sp³-hybridized carbons (Fsp3) is 0.583. The number of hydrogen-bond acceptors (Lipinski definition) is 7. The Morgan fingerprint density at radius 2 is 1.88 bits per heavy atom. The predicted octanol–water partition coefficient (Wildman–Crippen LogP) is 1.99. The summed E-state index contributed by atoms with van der Waals surface area (Å²) in [6, 6.07) is 5.94. The highest BCUT2D eigenvalue weighted by Crippen LogP contribution is 2.51. The molecule has 4 fully saturated rings. The molecule has 0 bridgehead atoms. The van der Waals surface area contributed by atoms with E-state index in [1.807, 2.05) is 12.1 Å². The topological polar surface area (TPSA) is 87.2 Å². The third-order valence-corrected chi connectivity index (χ3v) is 8.33. The van der Waals surface area contributed by atoms with Gasteiger partial charge in [0.15, 0.2) is 0 Å². The second-order valence-corrected chi connectivity index (χ2v) is 10.4. The van der Waals surface area contributed by atoms with Crippen LogP contribution in [0.5, 0.6) is 0 Å². The van der Waals surface area contributed by atoms with Crippen LogP contribution in [0, 0.1) is 17.8 Å². The molecule has 3 saturated heterocycles. The molecule has 3 aliphatic heterocycles. The van der Waals surface area contributed by atoms with Crippen molar-refractivity contribution in [3.05, 3.63) is 29.4 Å².